The standard InChI is InChI=1S/C23H32N2O5/c1-2-4-19(3-1)29-22-15-18(20-16-23(30-24-20)7-11-27-17-23)5-6-21(22)28-14-10-25-8-12-26-13-9-25/h5-6,15-16,19,24H,1-4,7-14,17H2. The minimum absolute atomic E-state index is 0.276. The molecule has 1 N–H and O–H groups in total. The molecule has 3 heterocycles. The van der Waals surface area contributed by atoms with Crippen LogP contribution >= 0.6 is 0 Å². The first-order valence-corrected chi connectivity index (χ1v) is 11.3. The fraction of sp³-hybridized carbons (Fsp3) is 0.652. The van der Waals surface area contributed by atoms with Crippen molar-refractivity contribution in [2.24, 2.45) is 0 Å². The highest BCUT2D eigenvalue weighted by atomic mass is 16.7. The number of hydrogen-bond donors (Lipinski definition) is 1. The van der Waals surface area contributed by atoms with Crippen LogP contribution in [0.5, 0.6) is 11.5 Å². The van der Waals surface area contributed by atoms with Crippen molar-refractivity contribution in [2.75, 3.05) is 52.7 Å². The van der Waals surface area contributed by atoms with Gasteiger partial charge in [-0.2, -0.15) is 0 Å². The SMILES string of the molecule is C1=C(c2ccc(OCCN3CCOCC3)c(OC3CCCC3)c2)NOC12CCOC2. The Balaban J connectivity index is 1.29. The predicted octanol–water partition coefficient (Wildman–Crippen LogP) is 2.75. The second-order valence-electron chi connectivity index (χ2n) is 8.62. The molecule has 4 aliphatic rings. The maximum Gasteiger partial charge on any atom is 0.162 e. The van der Waals surface area contributed by atoms with Crippen molar-refractivity contribution in [3.63, 3.8) is 0 Å². The molecule has 0 bridgehead atoms. The number of hydroxylamine groups is 1. The summed E-state index contributed by atoms with van der Waals surface area (Å²) in [6.07, 6.45) is 7.99. The van der Waals surface area contributed by atoms with Crippen molar-refractivity contribution in [3.05, 3.63) is 29.8 Å². The zero-order valence-corrected chi connectivity index (χ0v) is 17.6. The van der Waals surface area contributed by atoms with E-state index in [1.54, 1.807) is 0 Å². The van der Waals surface area contributed by atoms with Crippen molar-refractivity contribution in [3.8, 4) is 11.5 Å². The second-order valence-corrected chi connectivity index (χ2v) is 8.62. The summed E-state index contributed by atoms with van der Waals surface area (Å²) in [4.78, 5) is 8.23. The van der Waals surface area contributed by atoms with Gasteiger partial charge in [0.05, 0.1) is 31.6 Å². The van der Waals surface area contributed by atoms with Crippen LogP contribution in [0, 0.1) is 0 Å². The smallest absolute Gasteiger partial charge is 0.162 e. The van der Waals surface area contributed by atoms with Gasteiger partial charge in [-0.05, 0) is 50.0 Å². The van der Waals surface area contributed by atoms with E-state index in [0.29, 0.717) is 13.2 Å². The summed E-state index contributed by atoms with van der Waals surface area (Å²) in [5.41, 5.74) is 4.78. The van der Waals surface area contributed by atoms with Crippen LogP contribution in [0.1, 0.15) is 37.7 Å². The van der Waals surface area contributed by atoms with Gasteiger partial charge < -0.3 is 18.9 Å². The lowest BCUT2D eigenvalue weighted by atomic mass is 10.0. The minimum atomic E-state index is -0.338. The molecule has 3 aliphatic heterocycles. The van der Waals surface area contributed by atoms with E-state index in [1.807, 2.05) is 6.07 Å². The van der Waals surface area contributed by atoms with Crippen molar-refractivity contribution >= 4 is 5.70 Å². The monoisotopic (exact) mass is 416 g/mol. The Kier molecular flexibility index (Phi) is 6.13. The summed E-state index contributed by atoms with van der Waals surface area (Å²) in [5.74, 6) is 1.64. The zero-order valence-electron chi connectivity index (χ0n) is 17.6. The topological polar surface area (TPSA) is 61.4 Å². The molecule has 1 aromatic carbocycles. The third-order valence-corrected chi connectivity index (χ3v) is 6.41. The number of nitrogens with one attached hydrogen (secondary N) is 1. The molecule has 0 aromatic heterocycles. The molecule has 0 amide bonds. The van der Waals surface area contributed by atoms with E-state index in [-0.39, 0.29) is 11.7 Å². The summed E-state index contributed by atoms with van der Waals surface area (Å²) in [5, 5.41) is 0. The molecule has 1 aliphatic carbocycles. The molecule has 7 nitrogen and oxygen atoms in total. The molecule has 7 heteroatoms. The van der Waals surface area contributed by atoms with Gasteiger partial charge in [-0.25, -0.2) is 0 Å². The zero-order chi connectivity index (χ0) is 20.2. The van der Waals surface area contributed by atoms with Gasteiger partial charge in [0.1, 0.15) is 12.2 Å². The summed E-state index contributed by atoms with van der Waals surface area (Å²) >= 11 is 0. The van der Waals surface area contributed by atoms with Crippen LogP contribution in [0.25, 0.3) is 5.70 Å². The van der Waals surface area contributed by atoms with Crippen molar-refractivity contribution in [2.45, 2.75) is 43.8 Å². The number of hydrogen-bond acceptors (Lipinski definition) is 7. The Labute approximate surface area is 178 Å². The number of ether oxygens (including phenoxy) is 4. The van der Waals surface area contributed by atoms with Crippen molar-refractivity contribution in [1.29, 1.82) is 0 Å². The average Bonchev–Trinajstić information content (AvgIpc) is 3.54. The van der Waals surface area contributed by atoms with Gasteiger partial charge in [0.2, 0.25) is 0 Å². The summed E-state index contributed by atoms with van der Waals surface area (Å²) in [7, 11) is 0. The first-order valence-electron chi connectivity index (χ1n) is 11.3. The Morgan fingerprint density at radius 2 is 1.93 bits per heavy atom. The molecule has 0 radical (unpaired) electrons. The van der Waals surface area contributed by atoms with E-state index in [9.17, 15) is 0 Å². The Morgan fingerprint density at radius 1 is 1.07 bits per heavy atom. The van der Waals surface area contributed by atoms with E-state index in [0.717, 1.165) is 81.5 Å². The van der Waals surface area contributed by atoms with Gasteiger partial charge in [0, 0.05) is 38.2 Å². The molecule has 1 atom stereocenters. The molecular formula is C23H32N2O5. The Hall–Kier alpha value is -1.80. The summed E-state index contributed by atoms with van der Waals surface area (Å²) in [6.45, 7) is 6.43. The molecule has 5 rings (SSSR count). The Morgan fingerprint density at radius 3 is 2.73 bits per heavy atom. The first kappa shape index (κ1) is 20.1. The predicted molar refractivity (Wildman–Crippen MR) is 112 cm³/mol. The largest absolute Gasteiger partial charge is 0.488 e. The first-order chi connectivity index (χ1) is 14.8. The lowest BCUT2D eigenvalue weighted by molar-refractivity contribution is -0.0373. The van der Waals surface area contributed by atoms with E-state index in [4.69, 9.17) is 23.8 Å². The molecule has 1 saturated carbocycles. The van der Waals surface area contributed by atoms with E-state index >= 15 is 0 Å². The number of rotatable bonds is 7. The van der Waals surface area contributed by atoms with Gasteiger partial charge in [0.15, 0.2) is 11.5 Å². The van der Waals surface area contributed by atoms with Gasteiger partial charge in [0.25, 0.3) is 0 Å². The highest BCUT2D eigenvalue weighted by Crippen LogP contribution is 2.37. The minimum Gasteiger partial charge on any atom is -0.488 e. The molecular weight excluding hydrogens is 384 g/mol. The van der Waals surface area contributed by atoms with Crippen LogP contribution < -0.4 is 15.0 Å². The molecule has 30 heavy (non-hydrogen) atoms. The van der Waals surface area contributed by atoms with Gasteiger partial charge in [-0.3, -0.25) is 15.2 Å². The lowest BCUT2D eigenvalue weighted by Crippen LogP contribution is -2.38. The third-order valence-electron chi connectivity index (χ3n) is 6.41. The van der Waals surface area contributed by atoms with Crippen LogP contribution in [-0.2, 0) is 14.3 Å². The lowest BCUT2D eigenvalue weighted by Gasteiger charge is -2.26. The highest BCUT2D eigenvalue weighted by Gasteiger charge is 2.39. The van der Waals surface area contributed by atoms with Crippen LogP contribution in [0.3, 0.4) is 0 Å². The van der Waals surface area contributed by atoms with Gasteiger partial charge in [-0.15, -0.1) is 0 Å². The molecule has 2 saturated heterocycles. The third kappa shape index (κ3) is 4.59. The van der Waals surface area contributed by atoms with Gasteiger partial charge >= 0.3 is 0 Å². The molecule has 1 unspecified atom stereocenters. The molecule has 3 fully saturated rings. The normalized spacial score (nSPS) is 27.4. The summed E-state index contributed by atoms with van der Waals surface area (Å²) in [6, 6.07) is 6.18. The average molecular weight is 417 g/mol. The molecule has 1 spiro atoms. The highest BCUT2D eigenvalue weighted by molar-refractivity contribution is 5.68. The summed E-state index contributed by atoms with van der Waals surface area (Å²) < 4.78 is 23.5. The maximum absolute atomic E-state index is 6.39. The second kappa shape index (κ2) is 9.14. The van der Waals surface area contributed by atoms with Crippen LogP contribution in [0.4, 0.5) is 0 Å². The molecule has 164 valence electrons. The fourth-order valence-electron chi connectivity index (χ4n) is 4.56. The quantitative estimate of drug-likeness (QED) is 0.733. The number of benzene rings is 1. The van der Waals surface area contributed by atoms with Crippen molar-refractivity contribution < 1.29 is 23.8 Å². The maximum atomic E-state index is 6.39. The van der Waals surface area contributed by atoms with Crippen LogP contribution in [0.15, 0.2) is 24.3 Å². The molecule has 1 aromatic rings. The van der Waals surface area contributed by atoms with Gasteiger partial charge in [-0.1, -0.05) is 0 Å². The van der Waals surface area contributed by atoms with Crippen LogP contribution in [-0.4, -0.2) is 69.3 Å². The van der Waals surface area contributed by atoms with Crippen molar-refractivity contribution in [1.82, 2.24) is 10.4 Å². The van der Waals surface area contributed by atoms with Crippen LogP contribution in [0.2, 0.25) is 0 Å². The fourth-order valence-corrected chi connectivity index (χ4v) is 4.56. The van der Waals surface area contributed by atoms with E-state index in [2.05, 4.69) is 28.6 Å². The Bertz CT molecular complexity index is 750. The number of nitrogens with zero attached hydrogens (tertiary/aromatic N) is 1. The number of morpholine rings is 1. The van der Waals surface area contributed by atoms with E-state index in [1.165, 1.54) is 12.8 Å². The van der Waals surface area contributed by atoms with E-state index < -0.39 is 0 Å².